The summed E-state index contributed by atoms with van der Waals surface area (Å²) in [6, 6.07) is 79.1. The zero-order valence-corrected chi connectivity index (χ0v) is 87.7. The van der Waals surface area contributed by atoms with E-state index in [9.17, 15) is 4.79 Å². The molecule has 10 aromatic rings. The molecule has 4 saturated heterocycles. The Morgan fingerprint density at radius 3 is 1.22 bits per heavy atom. The first-order valence-corrected chi connectivity index (χ1v) is 52.5. The molecule has 4 fully saturated rings. The van der Waals surface area contributed by atoms with Gasteiger partial charge in [-0.2, -0.15) is 0 Å². The van der Waals surface area contributed by atoms with Crippen LogP contribution in [0.15, 0.2) is 231 Å². The maximum atomic E-state index is 13.1. The first kappa shape index (κ1) is 111. The first-order valence-electron chi connectivity index (χ1n) is 52.5. The van der Waals surface area contributed by atoms with Crippen LogP contribution in [0.25, 0.3) is 0 Å². The number of amides is 1. The van der Waals surface area contributed by atoms with Gasteiger partial charge in [0.15, 0.2) is 5.60 Å². The van der Waals surface area contributed by atoms with Crippen molar-refractivity contribution in [1.29, 1.82) is 0 Å². The number of hydrogen-bond donors (Lipinski definition) is 4. The summed E-state index contributed by atoms with van der Waals surface area (Å²) in [6.45, 7) is 26.3. The molecular weight excluding hydrogens is 1850 g/mol. The maximum Gasteiger partial charge on any atom is 0.270 e. The van der Waals surface area contributed by atoms with E-state index in [0.29, 0.717) is 109 Å². The summed E-state index contributed by atoms with van der Waals surface area (Å²) in [5, 5.41) is 14.0. The second kappa shape index (κ2) is 59.8. The molecule has 27 nitrogen and oxygen atoms in total. The zero-order chi connectivity index (χ0) is 102. The van der Waals surface area contributed by atoms with Gasteiger partial charge in [-0.1, -0.05) is 133 Å². The quantitative estimate of drug-likeness (QED) is 0.0259. The lowest BCUT2D eigenvalue weighted by Gasteiger charge is -2.39. The second-order valence-corrected chi connectivity index (χ2v) is 38.8. The van der Waals surface area contributed by atoms with E-state index in [1.54, 1.807) is 42.7 Å². The molecule has 0 aliphatic carbocycles. The maximum absolute atomic E-state index is 13.1. The van der Waals surface area contributed by atoms with Gasteiger partial charge in [-0.3, -0.25) is 4.79 Å². The molecule has 1 amide bonds. The predicted molar refractivity (Wildman–Crippen MR) is 575 cm³/mol. The average molecular weight is 2000 g/mol. The number of likely N-dealkylation sites (N-methyl/N-ethyl adjacent to an activating group) is 1. The Balaban J connectivity index is 0.000000154. The Morgan fingerprint density at radius 2 is 0.753 bits per heavy atom. The van der Waals surface area contributed by atoms with Crippen LogP contribution in [0.4, 0.5) is 17.1 Å². The number of hydrogen-bond acceptors (Lipinski definition) is 26. The van der Waals surface area contributed by atoms with Crippen molar-refractivity contribution in [3.05, 3.63) is 286 Å². The van der Waals surface area contributed by atoms with Crippen molar-refractivity contribution in [2.24, 2.45) is 0 Å². The number of carbonyl (C=O) groups is 1. The van der Waals surface area contributed by atoms with Crippen LogP contribution in [0.1, 0.15) is 151 Å². The highest BCUT2D eigenvalue weighted by atomic mass is 16.5. The van der Waals surface area contributed by atoms with E-state index in [4.69, 9.17) is 85.3 Å². The van der Waals surface area contributed by atoms with E-state index in [0.717, 1.165) is 255 Å². The van der Waals surface area contributed by atoms with Gasteiger partial charge in [-0.05, 0) is 241 Å². The fourth-order valence-corrected chi connectivity index (χ4v) is 19.6. The fraction of sp³-hybridized carbons (Fsp3) is 0.487. The van der Waals surface area contributed by atoms with E-state index in [1.165, 1.54) is 38.9 Å². The molecule has 17 rings (SSSR count). The van der Waals surface area contributed by atoms with Gasteiger partial charge in [0.25, 0.3) is 5.91 Å². The van der Waals surface area contributed by atoms with Gasteiger partial charge in [-0.25, -0.2) is 0 Å². The molecule has 4 N–H and O–H groups in total. The Labute approximate surface area is 866 Å². The molecular formula is C119H158N8O19. The highest BCUT2D eigenvalue weighted by Crippen LogP contribution is 2.43. The lowest BCUT2D eigenvalue weighted by Crippen LogP contribution is -2.52. The molecule has 0 bridgehead atoms. The fourth-order valence-electron chi connectivity index (χ4n) is 19.6. The molecule has 10 aromatic carbocycles. The molecule has 0 unspecified atom stereocenters. The highest BCUT2D eigenvalue weighted by molar-refractivity contribution is 6.02. The Bertz CT molecular complexity index is 5440. The molecule has 0 radical (unpaired) electrons. The number of para-hydroxylation sites is 2. The van der Waals surface area contributed by atoms with Gasteiger partial charge in [0.1, 0.15) is 78.2 Å². The van der Waals surface area contributed by atoms with Crippen molar-refractivity contribution in [2.45, 2.75) is 165 Å². The summed E-state index contributed by atoms with van der Waals surface area (Å²) in [5.74, 6) is 9.27. The monoisotopic (exact) mass is 2000 g/mol. The Hall–Kier alpha value is -11.1. The normalized spacial score (nSPS) is 19.3. The van der Waals surface area contributed by atoms with Gasteiger partial charge in [0.05, 0.1) is 122 Å². The van der Waals surface area contributed by atoms with Crippen molar-refractivity contribution >= 4 is 23.0 Å². The van der Waals surface area contributed by atoms with E-state index in [2.05, 4.69) is 190 Å². The predicted octanol–water partition coefficient (Wildman–Crippen LogP) is 18.3. The van der Waals surface area contributed by atoms with Gasteiger partial charge in [0, 0.05) is 155 Å². The zero-order valence-electron chi connectivity index (χ0n) is 87.7. The first-order chi connectivity index (χ1) is 71.6. The number of ether oxygens (including phenoxy) is 18. The number of piperidine rings is 4. The third-order valence-electron chi connectivity index (χ3n) is 27.6. The third kappa shape index (κ3) is 33.7. The van der Waals surface area contributed by atoms with Gasteiger partial charge < -0.3 is 126 Å². The molecule has 7 aliphatic rings. The molecule has 8 atom stereocenters. The largest absolute Gasteiger partial charge is 0.497 e. The summed E-state index contributed by atoms with van der Waals surface area (Å²) < 4.78 is 105. The van der Waals surface area contributed by atoms with Crippen molar-refractivity contribution in [2.75, 3.05) is 229 Å². The highest BCUT2D eigenvalue weighted by Gasteiger charge is 2.42. The van der Waals surface area contributed by atoms with Crippen LogP contribution in [0.2, 0.25) is 0 Å². The number of nitrogens with one attached hydrogen (secondary N) is 4. The minimum absolute atomic E-state index is 0.0368. The number of fused-ring (bicyclic) bond motifs is 3. The summed E-state index contributed by atoms with van der Waals surface area (Å²) in [7, 11) is 14.4. The molecule has 788 valence electrons. The molecule has 146 heavy (non-hydrogen) atoms. The number of rotatable bonds is 49. The summed E-state index contributed by atoms with van der Waals surface area (Å²) >= 11 is 0. The molecule has 0 spiro atoms. The molecule has 0 aromatic heterocycles. The summed E-state index contributed by atoms with van der Waals surface area (Å²) in [4.78, 5) is 21.8. The van der Waals surface area contributed by atoms with Gasteiger partial charge in [-0.15, -0.1) is 0 Å². The van der Waals surface area contributed by atoms with Crippen LogP contribution in [0.5, 0.6) is 51.7 Å². The molecule has 27 heteroatoms. The smallest absolute Gasteiger partial charge is 0.270 e. The number of anilines is 3. The van der Waals surface area contributed by atoms with Crippen LogP contribution in [0, 0.1) is 0 Å². The van der Waals surface area contributed by atoms with Gasteiger partial charge in [0.2, 0.25) is 0 Å². The van der Waals surface area contributed by atoms with Crippen LogP contribution >= 0.6 is 0 Å². The summed E-state index contributed by atoms with van der Waals surface area (Å²) in [6.07, 6.45) is 9.02. The van der Waals surface area contributed by atoms with E-state index in [-0.39, 0.29) is 30.3 Å². The summed E-state index contributed by atoms with van der Waals surface area (Å²) in [5.41, 5.74) is 14.1. The van der Waals surface area contributed by atoms with Crippen LogP contribution in [-0.4, -0.2) is 255 Å². The van der Waals surface area contributed by atoms with Crippen LogP contribution in [0.3, 0.4) is 0 Å². The van der Waals surface area contributed by atoms with Crippen molar-refractivity contribution in [1.82, 2.24) is 26.2 Å². The number of carbonyl (C=O) groups excluding carboxylic acids is 1. The van der Waals surface area contributed by atoms with Gasteiger partial charge >= 0.3 is 0 Å². The SMILES string of the molecule is COCCCN1C(=O)C(C)(C)Oc2ccc(CO[C@H]3CNCC[C@@H]3c3ccc(OC)cc3)cc21.COCCCN1CCOc2ccc(CO[C@H]3CNCC[C@@H]3c3ccc(OCCN(C)C)cc3)cc21.COCCCN1CCOc2ccc(CO[C@H]3CNCC[C@@H]3c3ccc(OCc4ccccc4)cc3)cc21.COCCCOc1ccccc1CO[C@H]1CNCC[C@@H]1c1ccc(OCCCOCc2ccccc2OC)cc1. The molecule has 7 aliphatic heterocycles. The number of nitrogens with zero attached hydrogens (tertiary/aromatic N) is 4. The van der Waals surface area contributed by atoms with Crippen LogP contribution < -0.4 is 78.6 Å². The molecule has 7 heterocycles. The number of benzene rings is 10. The number of methoxy groups -OCH3 is 6. The van der Waals surface area contributed by atoms with Crippen molar-refractivity contribution in [3.8, 4) is 51.7 Å². The Kier molecular flexibility index (Phi) is 45.3. The minimum Gasteiger partial charge on any atom is -0.497 e. The molecule has 0 saturated carbocycles. The van der Waals surface area contributed by atoms with E-state index in [1.807, 2.05) is 110 Å². The van der Waals surface area contributed by atoms with Crippen LogP contribution in [-0.2, 0) is 87.1 Å². The lowest BCUT2D eigenvalue weighted by molar-refractivity contribution is -0.132. The standard InChI is InChI=1S/C33H43NO6.C31H38N2O4.C28H41N3O4.C27H36N2O5/c1-35-19-7-22-39-32-12-6-4-10-28(32)25-40-33-23-34-18-17-30(33)26-13-15-29(16-14-26)38-21-8-20-37-24-27-9-3-5-11-31(27)36-2;1-34-18-5-16-33-17-19-35-30-13-8-25(20-29(30)33)23-37-31-21-32-15-14-28(31)26-9-11-27(12-10-26)36-22-24-6-3-2-4-7-24;1-30(2)14-17-33-24-8-6-23(7-9-24)25-11-12-29-20-28(25)35-21-22-5-10-27-26(19-22)31(15-18-34-27)13-4-16-32-3;1-27(2)26(30)29(14-5-15-31-3)23-16-19(6-11-24(23)34-27)18-33-25-17-28-13-12-22(25)20-7-9-21(32-4)10-8-20/h3-6,9-16,30,33-34H,7-8,17-25H2,1-2H3;2-4,6-13,20,28,31-32H,5,14-19,21-23H2,1H3;5-10,19,25,28-29H,4,11-18,20-21H2,1-3H3;6-11,16,22,25,28H,5,12-15,17-18H2,1-4H3/t30-,33+;28-,31+;25-,28+;22-,25+/m1111/s1. The van der Waals surface area contributed by atoms with E-state index >= 15 is 0 Å². The van der Waals surface area contributed by atoms with E-state index < -0.39 is 5.60 Å². The van der Waals surface area contributed by atoms with Crippen molar-refractivity contribution in [3.63, 3.8) is 0 Å². The second-order valence-electron chi connectivity index (χ2n) is 38.8. The third-order valence-corrected chi connectivity index (χ3v) is 27.6. The lowest BCUT2D eigenvalue weighted by atomic mass is 9.87. The minimum atomic E-state index is -0.891. The average Bonchev–Trinajstić information content (AvgIpc) is 0.761. The topological polar surface area (TPSA) is 244 Å². The Morgan fingerprint density at radius 1 is 0.356 bits per heavy atom. The van der Waals surface area contributed by atoms with Crippen molar-refractivity contribution < 1.29 is 90.1 Å².